The minimum absolute atomic E-state index is 0.187. The number of hydrogen-bond acceptors (Lipinski definition) is 5. The average Bonchev–Trinajstić information content (AvgIpc) is 2.67. The molecule has 1 aliphatic heterocycles. The number of amides is 3. The molecule has 0 saturated carbocycles. The van der Waals surface area contributed by atoms with Crippen molar-refractivity contribution >= 4 is 22.0 Å². The van der Waals surface area contributed by atoms with Gasteiger partial charge in [-0.25, -0.2) is 13.2 Å². The Morgan fingerprint density at radius 2 is 1.72 bits per heavy atom. The molecule has 0 spiro atoms. The van der Waals surface area contributed by atoms with Gasteiger partial charge in [0.15, 0.2) is 0 Å². The first-order valence-corrected chi connectivity index (χ1v) is 11.2. The quantitative estimate of drug-likeness (QED) is 0.642. The Morgan fingerprint density at radius 1 is 1.14 bits per heavy atom. The number of hydrogen-bond donors (Lipinski definition) is 2. The summed E-state index contributed by atoms with van der Waals surface area (Å²) in [6.45, 7) is 7.14. The average molecular weight is 427 g/mol. The van der Waals surface area contributed by atoms with Crippen LogP contribution in [0.3, 0.4) is 0 Å². The second-order valence-corrected chi connectivity index (χ2v) is 9.26. The number of piperazine rings is 1. The van der Waals surface area contributed by atoms with Crippen LogP contribution in [0, 0.1) is 5.92 Å². The Labute approximate surface area is 172 Å². The van der Waals surface area contributed by atoms with Crippen molar-refractivity contribution in [3.05, 3.63) is 24.3 Å². The highest BCUT2D eigenvalue weighted by molar-refractivity contribution is 7.89. The molecule has 3 amide bonds. The highest BCUT2D eigenvalue weighted by Gasteiger charge is 2.33. The van der Waals surface area contributed by atoms with E-state index in [1.54, 1.807) is 17.0 Å². The summed E-state index contributed by atoms with van der Waals surface area (Å²) in [5.74, 6) is 0.563. The number of nitrogens with zero attached hydrogens (tertiary/aromatic N) is 2. The molecule has 2 rings (SSSR count). The van der Waals surface area contributed by atoms with E-state index in [0.29, 0.717) is 18.8 Å². The monoisotopic (exact) mass is 426 g/mol. The second-order valence-electron chi connectivity index (χ2n) is 7.32. The molecule has 0 aromatic heterocycles. The summed E-state index contributed by atoms with van der Waals surface area (Å²) >= 11 is 0. The van der Waals surface area contributed by atoms with Crippen LogP contribution in [0.4, 0.5) is 4.79 Å². The molecule has 0 bridgehead atoms. The molecule has 29 heavy (non-hydrogen) atoms. The van der Waals surface area contributed by atoms with Crippen LogP contribution >= 0.6 is 0 Å². The van der Waals surface area contributed by atoms with E-state index in [4.69, 9.17) is 10.5 Å². The van der Waals surface area contributed by atoms with Gasteiger partial charge in [-0.2, -0.15) is 4.31 Å². The van der Waals surface area contributed by atoms with E-state index in [0.717, 1.165) is 0 Å². The second kappa shape index (κ2) is 9.93. The van der Waals surface area contributed by atoms with Crippen molar-refractivity contribution in [3.8, 4) is 5.75 Å². The highest BCUT2D eigenvalue weighted by Crippen LogP contribution is 2.21. The zero-order valence-electron chi connectivity index (χ0n) is 17.1. The third-order valence-electron chi connectivity index (χ3n) is 4.64. The molecular formula is C19H30N4O5S. The molecule has 1 atom stereocenters. The molecule has 0 unspecified atom stereocenters. The smallest absolute Gasteiger partial charge is 0.312 e. The molecule has 10 heteroatoms. The zero-order valence-corrected chi connectivity index (χ0v) is 17.9. The summed E-state index contributed by atoms with van der Waals surface area (Å²) in [4.78, 5) is 25.8. The number of benzene rings is 1. The van der Waals surface area contributed by atoms with Gasteiger partial charge in [-0.15, -0.1) is 0 Å². The maximum Gasteiger partial charge on any atom is 0.312 e. The Kier molecular flexibility index (Phi) is 7.86. The Morgan fingerprint density at radius 3 is 2.21 bits per heavy atom. The third kappa shape index (κ3) is 6.07. The Hall–Kier alpha value is -2.33. The van der Waals surface area contributed by atoms with Crippen molar-refractivity contribution in [2.45, 2.75) is 38.1 Å². The van der Waals surface area contributed by atoms with Crippen LogP contribution in [-0.2, 0) is 14.8 Å². The van der Waals surface area contributed by atoms with Gasteiger partial charge in [-0.1, -0.05) is 13.8 Å². The molecule has 3 N–H and O–H groups in total. The van der Waals surface area contributed by atoms with Crippen LogP contribution in [0.5, 0.6) is 5.75 Å². The molecule has 162 valence electrons. The number of rotatable bonds is 8. The predicted molar refractivity (Wildman–Crippen MR) is 109 cm³/mol. The molecule has 0 aliphatic carbocycles. The maximum atomic E-state index is 12.9. The van der Waals surface area contributed by atoms with Crippen molar-refractivity contribution in [1.29, 1.82) is 0 Å². The minimum atomic E-state index is -3.65. The van der Waals surface area contributed by atoms with Gasteiger partial charge in [0.05, 0.1) is 11.5 Å². The van der Waals surface area contributed by atoms with Gasteiger partial charge in [0.25, 0.3) is 0 Å². The lowest BCUT2D eigenvalue weighted by Crippen LogP contribution is -2.56. The number of nitrogens with two attached hydrogens (primary N) is 1. The number of carbonyl (C=O) groups excluding carboxylic acids is 2. The molecule has 1 fully saturated rings. The number of sulfonamides is 1. The van der Waals surface area contributed by atoms with E-state index >= 15 is 0 Å². The van der Waals surface area contributed by atoms with Crippen LogP contribution in [0.25, 0.3) is 0 Å². The van der Waals surface area contributed by atoms with Gasteiger partial charge in [-0.3, -0.25) is 4.79 Å². The maximum absolute atomic E-state index is 12.9. The molecule has 1 saturated heterocycles. The first-order chi connectivity index (χ1) is 13.6. The molecule has 0 radical (unpaired) electrons. The standard InChI is InChI=1S/C19H30N4O5S/c1-4-28-15-5-7-16(8-6-15)29(26,27)23-11-9-22(10-12-23)18(24)17(13-14(2)3)21-19(20)25/h5-8,14,17H,4,9-13H2,1-3H3,(H3,20,21,25)/t17-/m1/s1. The van der Waals surface area contributed by atoms with Gasteiger partial charge in [-0.05, 0) is 43.5 Å². The van der Waals surface area contributed by atoms with Crippen molar-refractivity contribution in [3.63, 3.8) is 0 Å². The zero-order chi connectivity index (χ0) is 21.6. The van der Waals surface area contributed by atoms with E-state index in [-0.39, 0.29) is 42.9 Å². The summed E-state index contributed by atoms with van der Waals surface area (Å²) in [5, 5.41) is 2.50. The van der Waals surface area contributed by atoms with Crippen LogP contribution in [-0.4, -0.2) is 68.4 Å². The van der Waals surface area contributed by atoms with Crippen molar-refractivity contribution in [2.24, 2.45) is 11.7 Å². The summed E-state index contributed by atoms with van der Waals surface area (Å²) < 4.78 is 32.4. The van der Waals surface area contributed by atoms with E-state index in [9.17, 15) is 18.0 Å². The van der Waals surface area contributed by atoms with Crippen molar-refractivity contribution in [2.75, 3.05) is 32.8 Å². The van der Waals surface area contributed by atoms with Gasteiger partial charge in [0, 0.05) is 26.2 Å². The van der Waals surface area contributed by atoms with Gasteiger partial charge >= 0.3 is 6.03 Å². The molecule has 1 heterocycles. The molecule has 1 aromatic carbocycles. The number of primary amides is 1. The van der Waals surface area contributed by atoms with Gasteiger partial charge < -0.3 is 20.7 Å². The highest BCUT2D eigenvalue weighted by atomic mass is 32.2. The summed E-state index contributed by atoms with van der Waals surface area (Å²) in [6.07, 6.45) is 0.465. The molecular weight excluding hydrogens is 396 g/mol. The Balaban J connectivity index is 2.02. The van der Waals surface area contributed by atoms with Crippen LogP contribution in [0.2, 0.25) is 0 Å². The number of urea groups is 1. The fourth-order valence-corrected chi connectivity index (χ4v) is 4.68. The Bertz CT molecular complexity index is 802. The fourth-order valence-electron chi connectivity index (χ4n) is 3.26. The van der Waals surface area contributed by atoms with E-state index in [1.807, 2.05) is 20.8 Å². The fraction of sp³-hybridized carbons (Fsp3) is 0.579. The number of carbonyl (C=O) groups is 2. The van der Waals surface area contributed by atoms with Crippen LogP contribution < -0.4 is 15.8 Å². The third-order valence-corrected chi connectivity index (χ3v) is 6.56. The molecule has 1 aliphatic rings. The topological polar surface area (TPSA) is 122 Å². The SMILES string of the molecule is CCOc1ccc(S(=O)(=O)N2CCN(C(=O)[C@@H](CC(C)C)NC(N)=O)CC2)cc1. The van der Waals surface area contributed by atoms with E-state index < -0.39 is 22.1 Å². The van der Waals surface area contributed by atoms with Crippen LogP contribution in [0.1, 0.15) is 27.2 Å². The lowest BCUT2D eigenvalue weighted by molar-refractivity contribution is -0.134. The minimum Gasteiger partial charge on any atom is -0.494 e. The lowest BCUT2D eigenvalue weighted by atomic mass is 10.0. The first-order valence-electron chi connectivity index (χ1n) is 9.73. The summed E-state index contributed by atoms with van der Waals surface area (Å²) in [6, 6.07) is 4.84. The lowest BCUT2D eigenvalue weighted by Gasteiger charge is -2.36. The largest absolute Gasteiger partial charge is 0.494 e. The summed E-state index contributed by atoms with van der Waals surface area (Å²) in [7, 11) is -3.65. The normalized spacial score (nSPS) is 16.5. The molecule has 1 aromatic rings. The number of ether oxygens (including phenoxy) is 1. The molecule has 9 nitrogen and oxygen atoms in total. The van der Waals surface area contributed by atoms with Crippen molar-refractivity contribution in [1.82, 2.24) is 14.5 Å². The summed E-state index contributed by atoms with van der Waals surface area (Å²) in [5.41, 5.74) is 5.19. The van der Waals surface area contributed by atoms with Crippen LogP contribution in [0.15, 0.2) is 29.2 Å². The van der Waals surface area contributed by atoms with Gasteiger partial charge in [0.1, 0.15) is 11.8 Å². The van der Waals surface area contributed by atoms with Gasteiger partial charge in [0.2, 0.25) is 15.9 Å². The van der Waals surface area contributed by atoms with E-state index in [1.165, 1.54) is 16.4 Å². The number of nitrogens with one attached hydrogen (secondary N) is 1. The van der Waals surface area contributed by atoms with E-state index in [2.05, 4.69) is 5.32 Å². The van der Waals surface area contributed by atoms with Crippen molar-refractivity contribution < 1.29 is 22.7 Å². The predicted octanol–water partition coefficient (Wildman–Crippen LogP) is 1.00. The first kappa shape index (κ1) is 23.0.